The molecule has 0 aliphatic carbocycles. The Morgan fingerprint density at radius 1 is 0.913 bits per heavy atom. The molecular formula is C18H25F3OSi. The van der Waals surface area contributed by atoms with E-state index >= 15 is 0 Å². The largest absolute Gasteiger partial charge is 0.573 e. The van der Waals surface area contributed by atoms with Crippen LogP contribution < -0.4 is 4.74 Å². The van der Waals surface area contributed by atoms with Crippen LogP contribution in [-0.4, -0.2) is 14.4 Å². The van der Waals surface area contributed by atoms with Crippen molar-refractivity contribution < 1.29 is 17.9 Å². The van der Waals surface area contributed by atoms with Crippen molar-refractivity contribution in [2.75, 3.05) is 0 Å². The molecule has 0 N–H and O–H groups in total. The second-order valence-electron chi connectivity index (χ2n) is 6.69. The third-order valence-corrected chi connectivity index (χ3v) is 10.7. The van der Waals surface area contributed by atoms with E-state index < -0.39 is 14.4 Å². The fourth-order valence-corrected chi connectivity index (χ4v) is 8.61. The van der Waals surface area contributed by atoms with Crippen molar-refractivity contribution in [2.45, 2.75) is 64.5 Å². The second-order valence-corrected chi connectivity index (χ2v) is 12.3. The number of rotatable bonds is 4. The molecule has 0 bridgehead atoms. The molecule has 1 aromatic rings. The highest BCUT2D eigenvalue weighted by Gasteiger charge is 2.41. The number of para-hydroxylation sites is 1. The summed E-state index contributed by atoms with van der Waals surface area (Å²) in [7, 11) is -1.99. The van der Waals surface area contributed by atoms with E-state index in [-0.39, 0.29) is 5.75 Å². The first-order chi connectivity index (χ1) is 10.5. The van der Waals surface area contributed by atoms with Crippen molar-refractivity contribution >= 4 is 8.07 Å². The Morgan fingerprint density at radius 2 is 1.39 bits per heavy atom. The number of halogens is 3. The summed E-state index contributed by atoms with van der Waals surface area (Å²) in [5.41, 5.74) is 4.98. The average molecular weight is 342 g/mol. The third-order valence-electron chi connectivity index (χ3n) is 4.39. The molecule has 1 nitrogen and oxygen atoms in total. The van der Waals surface area contributed by atoms with Gasteiger partial charge in [-0.3, -0.25) is 0 Å². The Bertz CT molecular complexity index is 558. The molecule has 1 aromatic carbocycles. The summed E-state index contributed by atoms with van der Waals surface area (Å²) < 4.78 is 41.6. The first-order valence-electron chi connectivity index (χ1n) is 7.88. The van der Waals surface area contributed by atoms with Crippen molar-refractivity contribution in [1.82, 2.24) is 0 Å². The van der Waals surface area contributed by atoms with Gasteiger partial charge in [-0.25, -0.2) is 0 Å². The van der Waals surface area contributed by atoms with Gasteiger partial charge >= 0.3 is 6.36 Å². The molecule has 0 radical (unpaired) electrons. The lowest BCUT2D eigenvalue weighted by Gasteiger charge is -2.38. The molecule has 0 atom stereocenters. The molecule has 23 heavy (non-hydrogen) atoms. The van der Waals surface area contributed by atoms with Crippen LogP contribution in [0.5, 0.6) is 5.75 Å². The summed E-state index contributed by atoms with van der Waals surface area (Å²) in [6.45, 7) is 13.0. The maximum Gasteiger partial charge on any atom is 0.573 e. The molecule has 5 heteroatoms. The van der Waals surface area contributed by atoms with Crippen LogP contribution in [0.2, 0.25) is 16.6 Å². The van der Waals surface area contributed by atoms with Crippen LogP contribution >= 0.6 is 0 Å². The topological polar surface area (TPSA) is 9.23 Å². The molecule has 0 unspecified atom stereocenters. The smallest absolute Gasteiger partial charge is 0.404 e. The number of hydrogen-bond donors (Lipinski definition) is 0. The summed E-state index contributed by atoms with van der Waals surface area (Å²) in [6, 6.07) is 6.08. The quantitative estimate of drug-likeness (QED) is 0.471. The molecule has 1 rings (SSSR count). The highest BCUT2D eigenvalue weighted by atomic mass is 28.3. The predicted octanol–water partition coefficient (Wildman–Crippen LogP) is 6.15. The lowest BCUT2D eigenvalue weighted by molar-refractivity contribution is -0.274. The molecule has 0 saturated heterocycles. The van der Waals surface area contributed by atoms with Crippen LogP contribution in [-0.2, 0) is 0 Å². The highest BCUT2D eigenvalue weighted by molar-refractivity contribution is 6.90. The SMILES string of the molecule is CC(C)[Si](C#Cc1ccccc1OC(F)(F)F)(C(C)C)C(C)C. The fourth-order valence-electron chi connectivity index (χ4n) is 3.39. The van der Waals surface area contributed by atoms with E-state index in [4.69, 9.17) is 0 Å². The first-order valence-corrected chi connectivity index (χ1v) is 10.1. The second kappa shape index (κ2) is 7.44. The summed E-state index contributed by atoms with van der Waals surface area (Å²) in [6.07, 6.45) is -4.71. The molecular weight excluding hydrogens is 317 g/mol. The van der Waals surface area contributed by atoms with Gasteiger partial charge in [0, 0.05) is 0 Å². The molecule has 0 aliphatic rings. The van der Waals surface area contributed by atoms with Gasteiger partial charge in [-0.05, 0) is 28.8 Å². The van der Waals surface area contributed by atoms with Crippen molar-refractivity contribution in [3.8, 4) is 17.2 Å². The minimum Gasteiger partial charge on any atom is -0.404 e. The molecule has 0 fully saturated rings. The Hall–Kier alpha value is -1.41. The van der Waals surface area contributed by atoms with Gasteiger partial charge in [0.2, 0.25) is 0 Å². The molecule has 0 aromatic heterocycles. The zero-order valence-corrected chi connectivity index (χ0v) is 15.6. The molecule has 0 saturated carbocycles. The number of alkyl halides is 3. The monoisotopic (exact) mass is 342 g/mol. The van der Waals surface area contributed by atoms with Crippen LogP contribution in [0.4, 0.5) is 13.2 Å². The van der Waals surface area contributed by atoms with Crippen molar-refractivity contribution in [3.63, 3.8) is 0 Å². The van der Waals surface area contributed by atoms with E-state index in [2.05, 4.69) is 57.7 Å². The first kappa shape index (κ1) is 19.6. The number of hydrogen-bond acceptors (Lipinski definition) is 1. The van der Waals surface area contributed by atoms with Gasteiger partial charge in [0.05, 0.1) is 5.56 Å². The van der Waals surface area contributed by atoms with E-state index in [9.17, 15) is 13.2 Å². The standard InChI is InChI=1S/C18H25F3OSi/c1-13(2)23(14(3)4,15(5)6)12-11-16-9-7-8-10-17(16)22-18(19,20)21/h7-10,13-15H,1-6H3. The zero-order valence-electron chi connectivity index (χ0n) is 14.6. The molecule has 128 valence electrons. The van der Waals surface area contributed by atoms with Gasteiger partial charge in [-0.1, -0.05) is 59.6 Å². The maximum absolute atomic E-state index is 12.5. The molecule has 0 spiro atoms. The van der Waals surface area contributed by atoms with Crippen LogP contribution in [0, 0.1) is 11.5 Å². The Labute approximate surface area is 138 Å². The van der Waals surface area contributed by atoms with Gasteiger partial charge in [-0.15, -0.1) is 18.7 Å². The van der Waals surface area contributed by atoms with E-state index in [1.54, 1.807) is 12.1 Å². The Kier molecular flexibility index (Phi) is 6.35. The van der Waals surface area contributed by atoms with E-state index in [1.807, 2.05) is 0 Å². The fraction of sp³-hybridized carbons (Fsp3) is 0.556. The van der Waals surface area contributed by atoms with Gasteiger partial charge in [0.25, 0.3) is 0 Å². The lowest BCUT2D eigenvalue weighted by Crippen LogP contribution is -2.43. The molecule has 0 amide bonds. The summed E-state index contributed by atoms with van der Waals surface area (Å²) in [5, 5.41) is 0. The maximum atomic E-state index is 12.5. The van der Waals surface area contributed by atoms with E-state index in [1.165, 1.54) is 12.1 Å². The Balaban J connectivity index is 3.34. The summed E-state index contributed by atoms with van der Waals surface area (Å²) in [5.74, 6) is 2.78. The van der Waals surface area contributed by atoms with Crippen molar-refractivity contribution in [3.05, 3.63) is 29.8 Å². The van der Waals surface area contributed by atoms with Crippen molar-refractivity contribution in [1.29, 1.82) is 0 Å². The lowest BCUT2D eigenvalue weighted by atomic mass is 10.2. The number of benzene rings is 1. The van der Waals surface area contributed by atoms with Crippen molar-refractivity contribution in [2.24, 2.45) is 0 Å². The van der Waals surface area contributed by atoms with Gasteiger partial charge in [-0.2, -0.15) is 0 Å². The minimum atomic E-state index is -4.71. The molecule has 0 heterocycles. The zero-order chi connectivity index (χ0) is 17.8. The van der Waals surface area contributed by atoms with Crippen LogP contribution in [0.3, 0.4) is 0 Å². The van der Waals surface area contributed by atoms with Crippen LogP contribution in [0.25, 0.3) is 0 Å². The van der Waals surface area contributed by atoms with Gasteiger partial charge in [0.1, 0.15) is 13.8 Å². The van der Waals surface area contributed by atoms with Gasteiger partial charge < -0.3 is 4.74 Å². The average Bonchev–Trinajstić information content (AvgIpc) is 2.38. The molecule has 0 aliphatic heterocycles. The summed E-state index contributed by atoms with van der Waals surface area (Å²) in [4.78, 5) is 0. The minimum absolute atomic E-state index is 0.230. The third kappa shape index (κ3) is 4.78. The normalized spacial score (nSPS) is 12.5. The van der Waals surface area contributed by atoms with Crippen LogP contribution in [0.1, 0.15) is 47.1 Å². The van der Waals surface area contributed by atoms with Gasteiger partial charge in [0.15, 0.2) is 0 Å². The van der Waals surface area contributed by atoms with Crippen LogP contribution in [0.15, 0.2) is 24.3 Å². The Morgan fingerprint density at radius 3 is 1.83 bits per heavy atom. The highest BCUT2D eigenvalue weighted by Crippen LogP contribution is 2.41. The summed E-state index contributed by atoms with van der Waals surface area (Å²) >= 11 is 0. The van der Waals surface area contributed by atoms with E-state index in [0.29, 0.717) is 22.2 Å². The predicted molar refractivity (Wildman–Crippen MR) is 91.1 cm³/mol. The van der Waals surface area contributed by atoms with E-state index in [0.717, 1.165) is 0 Å². The number of ether oxygens (including phenoxy) is 1.